The van der Waals surface area contributed by atoms with Crippen LogP contribution in [0.4, 0.5) is 0 Å². The Balaban J connectivity index is 1.40. The van der Waals surface area contributed by atoms with Crippen molar-refractivity contribution in [1.82, 2.24) is 9.58 Å². The van der Waals surface area contributed by atoms with Crippen LogP contribution in [0.5, 0.6) is 11.5 Å². The van der Waals surface area contributed by atoms with E-state index in [0.29, 0.717) is 11.7 Å². The van der Waals surface area contributed by atoms with Crippen LogP contribution in [0.3, 0.4) is 0 Å². The molecule has 2 aromatic carbocycles. The highest BCUT2D eigenvalue weighted by Gasteiger charge is 2.34. The van der Waals surface area contributed by atoms with Crippen LogP contribution >= 0.6 is 11.8 Å². The number of aliphatic imine (C=N–C) groups is 1. The number of rotatable bonds is 3. The Morgan fingerprint density at radius 1 is 1.19 bits per heavy atom. The molecule has 158 valence electrons. The molecule has 0 atom stereocenters. The fourth-order valence-electron chi connectivity index (χ4n) is 4.00. The van der Waals surface area contributed by atoms with Gasteiger partial charge in [0.2, 0.25) is 12.0 Å². The summed E-state index contributed by atoms with van der Waals surface area (Å²) in [5.74, 6) is 1.11. The van der Waals surface area contributed by atoms with Crippen molar-refractivity contribution in [1.29, 1.82) is 5.41 Å². The van der Waals surface area contributed by atoms with Crippen LogP contribution in [0.15, 0.2) is 64.3 Å². The normalized spacial score (nSPS) is 18.4. The van der Waals surface area contributed by atoms with Crippen LogP contribution in [-0.4, -0.2) is 38.3 Å². The Bertz CT molecular complexity index is 1420. The largest absolute Gasteiger partial charge is 0.454 e. The Morgan fingerprint density at radius 3 is 2.94 bits per heavy atom. The Hall–Kier alpha value is -3.85. The van der Waals surface area contributed by atoms with Gasteiger partial charge in [0.05, 0.1) is 10.6 Å². The Kier molecular flexibility index (Phi) is 4.19. The maximum absolute atomic E-state index is 12.7. The van der Waals surface area contributed by atoms with Crippen LogP contribution in [0.25, 0.3) is 17.0 Å². The Morgan fingerprint density at radius 2 is 2.03 bits per heavy atom. The number of para-hydroxylation sites is 1. The second kappa shape index (κ2) is 7.10. The fraction of sp³-hybridized carbons (Fsp3) is 0.130. The van der Waals surface area contributed by atoms with Gasteiger partial charge >= 0.3 is 0 Å². The number of hydrogen-bond donors (Lipinski definition) is 1. The summed E-state index contributed by atoms with van der Waals surface area (Å²) in [7, 11) is 0. The number of aromatic nitrogens is 1. The van der Waals surface area contributed by atoms with E-state index in [4.69, 9.17) is 14.9 Å². The highest BCUT2D eigenvalue weighted by Crippen LogP contribution is 2.34. The molecule has 0 saturated heterocycles. The summed E-state index contributed by atoms with van der Waals surface area (Å²) >= 11 is 1.30. The van der Waals surface area contributed by atoms with Crippen molar-refractivity contribution < 1.29 is 14.3 Å². The van der Waals surface area contributed by atoms with Crippen molar-refractivity contribution in [3.05, 3.63) is 65.4 Å². The van der Waals surface area contributed by atoms with E-state index in [-0.39, 0.29) is 18.2 Å². The molecular weight excluding hydrogens is 426 g/mol. The number of thioether (sulfide) groups is 1. The first-order chi connectivity index (χ1) is 15.6. The van der Waals surface area contributed by atoms with Gasteiger partial charge in [0.1, 0.15) is 0 Å². The van der Waals surface area contributed by atoms with E-state index in [1.165, 1.54) is 16.8 Å². The molecule has 9 heteroatoms. The molecule has 0 unspecified atom stereocenters. The molecule has 0 saturated carbocycles. The first-order valence-electron chi connectivity index (χ1n) is 10.00. The first kappa shape index (κ1) is 18.9. The average Bonchev–Trinajstić information content (AvgIpc) is 3.48. The summed E-state index contributed by atoms with van der Waals surface area (Å²) in [6.07, 6.45) is 3.73. The molecule has 8 nitrogen and oxygen atoms in total. The van der Waals surface area contributed by atoms with E-state index in [2.05, 4.69) is 14.7 Å². The standard InChI is InChI=1S/C23H17N5O3S/c1-13-26-28-21(24)17(22(29)25-23(28)32-13)9-15-11-27(18-5-3-2-4-16(15)18)10-14-6-7-19-20(8-14)31-12-30-19/h2-9,11,24H,10,12H2,1H3/b17-9-,24-21?. The number of hydrazone groups is 1. The lowest BCUT2D eigenvalue weighted by molar-refractivity contribution is -0.114. The summed E-state index contributed by atoms with van der Waals surface area (Å²) < 4.78 is 13.0. The van der Waals surface area contributed by atoms with E-state index in [9.17, 15) is 4.79 Å². The number of hydrogen-bond acceptors (Lipinski definition) is 6. The molecule has 32 heavy (non-hydrogen) atoms. The molecule has 0 aliphatic carbocycles. The van der Waals surface area contributed by atoms with Gasteiger partial charge in [-0.3, -0.25) is 10.2 Å². The van der Waals surface area contributed by atoms with Crippen molar-refractivity contribution in [2.75, 3.05) is 6.79 Å². The predicted octanol–water partition coefficient (Wildman–Crippen LogP) is 4.06. The predicted molar refractivity (Wildman–Crippen MR) is 124 cm³/mol. The monoisotopic (exact) mass is 443 g/mol. The molecule has 1 aromatic heterocycles. The van der Waals surface area contributed by atoms with Gasteiger partial charge in [0, 0.05) is 29.2 Å². The molecule has 1 N–H and O–H groups in total. The maximum atomic E-state index is 12.7. The van der Waals surface area contributed by atoms with Crippen LogP contribution in [0, 0.1) is 5.41 Å². The zero-order valence-electron chi connectivity index (χ0n) is 17.0. The maximum Gasteiger partial charge on any atom is 0.283 e. The minimum absolute atomic E-state index is 0.0388. The van der Waals surface area contributed by atoms with E-state index in [0.717, 1.165) is 38.6 Å². The van der Waals surface area contributed by atoms with Crippen LogP contribution in [0.2, 0.25) is 0 Å². The van der Waals surface area contributed by atoms with E-state index >= 15 is 0 Å². The van der Waals surface area contributed by atoms with Crippen LogP contribution in [-0.2, 0) is 11.3 Å². The van der Waals surface area contributed by atoms with Crippen LogP contribution < -0.4 is 9.47 Å². The minimum atomic E-state index is -0.425. The van der Waals surface area contributed by atoms with E-state index in [1.54, 1.807) is 6.08 Å². The lowest BCUT2D eigenvalue weighted by atomic mass is 10.1. The zero-order valence-corrected chi connectivity index (χ0v) is 17.8. The van der Waals surface area contributed by atoms with Gasteiger partial charge < -0.3 is 14.0 Å². The van der Waals surface area contributed by atoms with Gasteiger partial charge in [-0.05, 0) is 48.5 Å². The second-order valence-corrected chi connectivity index (χ2v) is 8.72. The summed E-state index contributed by atoms with van der Waals surface area (Å²) in [6.45, 7) is 2.70. The summed E-state index contributed by atoms with van der Waals surface area (Å²) in [6, 6.07) is 13.9. The van der Waals surface area contributed by atoms with E-state index in [1.807, 2.05) is 55.6 Å². The number of amidine groups is 2. The quantitative estimate of drug-likeness (QED) is 0.617. The summed E-state index contributed by atoms with van der Waals surface area (Å²) in [4.78, 5) is 16.8. The van der Waals surface area contributed by atoms with Gasteiger partial charge in [-0.25, -0.2) is 0 Å². The highest BCUT2D eigenvalue weighted by molar-refractivity contribution is 8.26. The number of carbonyl (C=O) groups is 1. The molecule has 4 heterocycles. The van der Waals surface area contributed by atoms with Crippen LogP contribution in [0.1, 0.15) is 18.1 Å². The SMILES string of the molecule is CC1=NN2C(=N)/C(=C/c3cn(Cc4ccc5c(c4)OCO5)c4ccccc34)C(=O)N=C2S1. The van der Waals surface area contributed by atoms with Gasteiger partial charge in [-0.2, -0.15) is 15.1 Å². The van der Waals surface area contributed by atoms with E-state index < -0.39 is 5.91 Å². The van der Waals surface area contributed by atoms with Gasteiger partial charge in [-0.15, -0.1) is 0 Å². The highest BCUT2D eigenvalue weighted by atomic mass is 32.2. The van der Waals surface area contributed by atoms with Crippen molar-refractivity contribution in [2.24, 2.45) is 10.1 Å². The average molecular weight is 443 g/mol. The molecule has 0 bridgehead atoms. The first-order valence-corrected chi connectivity index (χ1v) is 10.8. The fourth-order valence-corrected chi connectivity index (χ4v) is 4.73. The summed E-state index contributed by atoms with van der Waals surface area (Å²) in [5.41, 5.74) is 3.17. The molecule has 6 rings (SSSR count). The van der Waals surface area contributed by atoms with Gasteiger partial charge in [-0.1, -0.05) is 24.3 Å². The number of fused-ring (bicyclic) bond motifs is 3. The minimum Gasteiger partial charge on any atom is -0.454 e. The number of ether oxygens (including phenoxy) is 2. The molecule has 3 aliphatic rings. The molecule has 3 aliphatic heterocycles. The number of carbonyl (C=O) groups excluding carboxylic acids is 1. The lowest BCUT2D eigenvalue weighted by Gasteiger charge is -2.20. The smallest absolute Gasteiger partial charge is 0.283 e. The van der Waals surface area contributed by atoms with Crippen molar-refractivity contribution >= 4 is 50.7 Å². The summed E-state index contributed by atoms with van der Waals surface area (Å²) in [5, 5.41) is 16.4. The molecule has 3 aromatic rings. The van der Waals surface area contributed by atoms with Crippen molar-refractivity contribution in [2.45, 2.75) is 13.5 Å². The van der Waals surface area contributed by atoms with Crippen molar-refractivity contribution in [3.63, 3.8) is 0 Å². The third-order valence-corrected chi connectivity index (χ3v) is 6.29. The van der Waals surface area contributed by atoms with Gasteiger partial charge in [0.15, 0.2) is 17.3 Å². The molecule has 0 spiro atoms. The second-order valence-electron chi connectivity index (χ2n) is 7.56. The number of amides is 1. The van der Waals surface area contributed by atoms with Gasteiger partial charge in [0.25, 0.3) is 5.91 Å². The van der Waals surface area contributed by atoms with Crippen molar-refractivity contribution in [3.8, 4) is 11.5 Å². The zero-order chi connectivity index (χ0) is 21.8. The lowest BCUT2D eigenvalue weighted by Crippen LogP contribution is -2.35. The third kappa shape index (κ3) is 3.01. The Labute approximate surface area is 187 Å². The molecule has 0 fully saturated rings. The molecule has 1 amide bonds. The topological polar surface area (TPSA) is 92.3 Å². The number of nitrogens with one attached hydrogen (secondary N) is 1. The number of benzene rings is 2. The third-order valence-electron chi connectivity index (χ3n) is 5.46. The molecule has 0 radical (unpaired) electrons. The molecular formula is C23H17N5O3S. The number of nitrogens with zero attached hydrogens (tertiary/aromatic N) is 4.